The van der Waals surface area contributed by atoms with Crippen LogP contribution in [0, 0.1) is 0 Å². The summed E-state index contributed by atoms with van der Waals surface area (Å²) in [5.74, 6) is -0.941. The van der Waals surface area contributed by atoms with E-state index in [2.05, 4.69) is 15.3 Å². The zero-order valence-electron chi connectivity index (χ0n) is 10.9. The number of aromatic carboxylic acids is 1. The number of nitrogens with zero attached hydrogens (tertiary/aromatic N) is 5. The Bertz CT molecular complexity index is 772. The molecule has 0 atom stereocenters. The molecule has 3 rings (SSSR count). The molecule has 0 saturated heterocycles. The van der Waals surface area contributed by atoms with Gasteiger partial charge in [-0.15, -0.1) is 10.2 Å². The van der Waals surface area contributed by atoms with E-state index >= 15 is 0 Å². The number of carboxylic acids is 1. The molecular weight excluding hydrogens is 270 g/mol. The summed E-state index contributed by atoms with van der Waals surface area (Å²) < 4.78 is 3.39. The predicted molar refractivity (Wildman–Crippen MR) is 75.7 cm³/mol. The fourth-order valence-electron chi connectivity index (χ4n) is 1.88. The summed E-state index contributed by atoms with van der Waals surface area (Å²) in [6.07, 6.45) is 6.54. The second-order valence-corrected chi connectivity index (χ2v) is 4.24. The molecule has 7 heteroatoms. The molecule has 0 saturated carbocycles. The van der Waals surface area contributed by atoms with Crippen molar-refractivity contribution >= 4 is 12.2 Å². The standard InChI is InChI=1S/C14H11N5O2/c20-14(21)11-3-5-12(6-4-11)19-7-1-2-13(19)8-17-18-9-15-16-10-18/h1-10H,(H,20,21). The van der Waals surface area contributed by atoms with E-state index in [4.69, 9.17) is 5.11 Å². The van der Waals surface area contributed by atoms with Crippen LogP contribution in [-0.4, -0.2) is 36.7 Å². The maximum absolute atomic E-state index is 10.9. The fraction of sp³-hybridized carbons (Fsp3) is 0. The molecule has 0 fully saturated rings. The van der Waals surface area contributed by atoms with Crippen molar-refractivity contribution < 1.29 is 9.90 Å². The summed E-state index contributed by atoms with van der Waals surface area (Å²) in [6, 6.07) is 10.4. The third kappa shape index (κ3) is 2.71. The monoisotopic (exact) mass is 281 g/mol. The van der Waals surface area contributed by atoms with Crippen molar-refractivity contribution in [3.63, 3.8) is 0 Å². The summed E-state index contributed by atoms with van der Waals surface area (Å²) in [4.78, 5) is 10.9. The van der Waals surface area contributed by atoms with Crippen LogP contribution in [0.5, 0.6) is 0 Å². The summed E-state index contributed by atoms with van der Waals surface area (Å²) in [5, 5.41) is 20.4. The van der Waals surface area contributed by atoms with E-state index in [1.165, 1.54) is 17.3 Å². The number of carbonyl (C=O) groups is 1. The Hall–Kier alpha value is -3.22. The minimum Gasteiger partial charge on any atom is -0.478 e. The zero-order valence-corrected chi connectivity index (χ0v) is 10.9. The van der Waals surface area contributed by atoms with Crippen molar-refractivity contribution in [2.75, 3.05) is 0 Å². The van der Waals surface area contributed by atoms with Crippen molar-refractivity contribution in [3.05, 3.63) is 66.5 Å². The molecule has 2 heterocycles. The molecule has 3 aromatic rings. The van der Waals surface area contributed by atoms with Gasteiger partial charge in [0.05, 0.1) is 17.5 Å². The van der Waals surface area contributed by atoms with Crippen molar-refractivity contribution in [2.45, 2.75) is 0 Å². The van der Waals surface area contributed by atoms with Crippen LogP contribution in [0.2, 0.25) is 0 Å². The largest absolute Gasteiger partial charge is 0.478 e. The average Bonchev–Trinajstić information content (AvgIpc) is 3.16. The minimum absolute atomic E-state index is 0.255. The Morgan fingerprint density at radius 3 is 2.52 bits per heavy atom. The second-order valence-electron chi connectivity index (χ2n) is 4.24. The highest BCUT2D eigenvalue weighted by molar-refractivity contribution is 5.87. The van der Waals surface area contributed by atoms with E-state index in [1.54, 1.807) is 30.5 Å². The first kappa shape index (κ1) is 12.8. The summed E-state index contributed by atoms with van der Waals surface area (Å²) in [6.45, 7) is 0. The number of carboxylic acid groups (broad SMARTS) is 1. The Morgan fingerprint density at radius 1 is 1.14 bits per heavy atom. The van der Waals surface area contributed by atoms with E-state index in [1.807, 2.05) is 22.9 Å². The summed E-state index contributed by atoms with van der Waals surface area (Å²) in [5.41, 5.74) is 1.97. The Balaban J connectivity index is 1.89. The minimum atomic E-state index is -0.941. The lowest BCUT2D eigenvalue weighted by Gasteiger charge is -2.06. The van der Waals surface area contributed by atoms with Gasteiger partial charge in [0.1, 0.15) is 12.7 Å². The van der Waals surface area contributed by atoms with E-state index < -0.39 is 5.97 Å². The first-order chi connectivity index (χ1) is 10.2. The van der Waals surface area contributed by atoms with Crippen LogP contribution >= 0.6 is 0 Å². The second kappa shape index (κ2) is 5.41. The van der Waals surface area contributed by atoms with Gasteiger partial charge in [0.25, 0.3) is 0 Å². The quantitative estimate of drug-likeness (QED) is 0.737. The molecule has 0 radical (unpaired) electrons. The molecule has 0 aliphatic rings. The summed E-state index contributed by atoms with van der Waals surface area (Å²) in [7, 11) is 0. The van der Waals surface area contributed by atoms with Gasteiger partial charge in [-0.2, -0.15) is 5.10 Å². The highest BCUT2D eigenvalue weighted by Gasteiger charge is 2.04. The SMILES string of the molecule is O=C(O)c1ccc(-n2cccc2C=Nn2cnnc2)cc1. The van der Waals surface area contributed by atoms with Gasteiger partial charge in [0.15, 0.2) is 0 Å². The molecule has 0 aliphatic carbocycles. The van der Waals surface area contributed by atoms with Gasteiger partial charge in [-0.3, -0.25) is 0 Å². The molecule has 7 nitrogen and oxygen atoms in total. The average molecular weight is 281 g/mol. The third-order valence-corrected chi connectivity index (χ3v) is 2.90. The van der Waals surface area contributed by atoms with E-state index in [9.17, 15) is 4.79 Å². The normalized spacial score (nSPS) is 11.0. The van der Waals surface area contributed by atoms with Crippen LogP contribution in [0.25, 0.3) is 5.69 Å². The van der Waals surface area contributed by atoms with Crippen molar-refractivity contribution in [2.24, 2.45) is 5.10 Å². The fourth-order valence-corrected chi connectivity index (χ4v) is 1.88. The van der Waals surface area contributed by atoms with Gasteiger partial charge in [-0.1, -0.05) is 0 Å². The van der Waals surface area contributed by atoms with Gasteiger partial charge in [-0.25, -0.2) is 9.47 Å². The van der Waals surface area contributed by atoms with Gasteiger partial charge < -0.3 is 9.67 Å². The Kier molecular flexibility index (Phi) is 3.30. The van der Waals surface area contributed by atoms with E-state index in [-0.39, 0.29) is 5.56 Å². The van der Waals surface area contributed by atoms with Crippen LogP contribution in [0.15, 0.2) is 60.4 Å². The topological polar surface area (TPSA) is 85.3 Å². The smallest absolute Gasteiger partial charge is 0.335 e. The molecule has 2 aromatic heterocycles. The van der Waals surface area contributed by atoms with Crippen molar-refractivity contribution in [1.29, 1.82) is 0 Å². The highest BCUT2D eigenvalue weighted by atomic mass is 16.4. The lowest BCUT2D eigenvalue weighted by atomic mass is 10.2. The lowest BCUT2D eigenvalue weighted by molar-refractivity contribution is 0.0697. The van der Waals surface area contributed by atoms with E-state index in [0.29, 0.717) is 0 Å². The highest BCUT2D eigenvalue weighted by Crippen LogP contribution is 2.13. The molecule has 1 aromatic carbocycles. The maximum Gasteiger partial charge on any atom is 0.335 e. The number of hydrogen-bond acceptors (Lipinski definition) is 4. The molecule has 21 heavy (non-hydrogen) atoms. The summed E-state index contributed by atoms with van der Waals surface area (Å²) >= 11 is 0. The molecule has 0 spiro atoms. The first-order valence-electron chi connectivity index (χ1n) is 6.14. The van der Waals surface area contributed by atoms with Gasteiger partial charge >= 0.3 is 5.97 Å². The van der Waals surface area contributed by atoms with E-state index in [0.717, 1.165) is 11.4 Å². The number of benzene rings is 1. The van der Waals surface area contributed by atoms with Crippen LogP contribution in [0.4, 0.5) is 0 Å². The van der Waals surface area contributed by atoms with Gasteiger partial charge in [0.2, 0.25) is 0 Å². The number of aromatic nitrogens is 4. The van der Waals surface area contributed by atoms with Crippen molar-refractivity contribution in [3.8, 4) is 5.69 Å². The lowest BCUT2D eigenvalue weighted by Crippen LogP contribution is -2.01. The third-order valence-electron chi connectivity index (χ3n) is 2.90. The predicted octanol–water partition coefficient (Wildman–Crippen LogP) is 1.65. The molecule has 0 amide bonds. The van der Waals surface area contributed by atoms with Crippen LogP contribution < -0.4 is 0 Å². The number of rotatable bonds is 4. The van der Waals surface area contributed by atoms with Crippen LogP contribution in [-0.2, 0) is 0 Å². The van der Waals surface area contributed by atoms with Crippen LogP contribution in [0.3, 0.4) is 0 Å². The Labute approximate surface area is 119 Å². The maximum atomic E-state index is 10.9. The first-order valence-corrected chi connectivity index (χ1v) is 6.14. The van der Waals surface area contributed by atoms with Crippen molar-refractivity contribution in [1.82, 2.24) is 19.4 Å². The molecular formula is C14H11N5O2. The molecule has 0 bridgehead atoms. The zero-order chi connectivity index (χ0) is 14.7. The molecule has 0 aliphatic heterocycles. The molecule has 104 valence electrons. The molecule has 1 N–H and O–H groups in total. The van der Waals surface area contributed by atoms with Crippen LogP contribution in [0.1, 0.15) is 16.1 Å². The van der Waals surface area contributed by atoms with Gasteiger partial charge in [0, 0.05) is 11.9 Å². The van der Waals surface area contributed by atoms with Gasteiger partial charge in [-0.05, 0) is 36.4 Å². The Morgan fingerprint density at radius 2 is 1.86 bits per heavy atom. The number of hydrogen-bond donors (Lipinski definition) is 1. The molecule has 0 unspecified atom stereocenters.